The van der Waals surface area contributed by atoms with Crippen LogP contribution in [0.2, 0.25) is 0 Å². The number of rotatable bonds is 4. The molecule has 23 heavy (non-hydrogen) atoms. The molecule has 3 aromatic rings. The lowest BCUT2D eigenvalue weighted by Crippen LogP contribution is -2.44. The quantitative estimate of drug-likeness (QED) is 0.440. The van der Waals surface area contributed by atoms with E-state index in [1.165, 1.54) is 0 Å². The minimum atomic E-state index is -0.421. The standard InChI is InChI=1S/C18H17N3O2/c19-21(17(22)10-13-6-2-1-3-7-13)18(23)11-14-12-20-16-9-5-4-8-15(14)16/h1-9,12,20H,10-11,19H2. The first-order valence-electron chi connectivity index (χ1n) is 7.34. The molecule has 2 aromatic carbocycles. The molecule has 3 rings (SSSR count). The van der Waals surface area contributed by atoms with Crippen LogP contribution in [0.25, 0.3) is 10.9 Å². The highest BCUT2D eigenvalue weighted by molar-refractivity contribution is 5.98. The summed E-state index contributed by atoms with van der Waals surface area (Å²) >= 11 is 0. The smallest absolute Gasteiger partial charge is 0.248 e. The van der Waals surface area contributed by atoms with Crippen LogP contribution < -0.4 is 5.84 Å². The predicted molar refractivity (Wildman–Crippen MR) is 88.2 cm³/mol. The number of nitrogens with one attached hydrogen (secondary N) is 1. The number of fused-ring (bicyclic) bond motifs is 1. The molecule has 0 fully saturated rings. The minimum absolute atomic E-state index is 0.0844. The van der Waals surface area contributed by atoms with Crippen molar-refractivity contribution in [2.45, 2.75) is 12.8 Å². The number of hydrazine groups is 1. The molecule has 0 aliphatic carbocycles. The van der Waals surface area contributed by atoms with Gasteiger partial charge in [0.1, 0.15) is 0 Å². The summed E-state index contributed by atoms with van der Waals surface area (Å²) in [4.78, 5) is 27.5. The fourth-order valence-corrected chi connectivity index (χ4v) is 2.52. The lowest BCUT2D eigenvalue weighted by Gasteiger charge is -2.14. The molecule has 2 amide bonds. The molecule has 0 saturated heterocycles. The zero-order chi connectivity index (χ0) is 16.2. The molecule has 0 aliphatic heterocycles. The number of aromatic nitrogens is 1. The number of hydrogen-bond acceptors (Lipinski definition) is 3. The molecule has 0 radical (unpaired) electrons. The van der Waals surface area contributed by atoms with Crippen LogP contribution in [-0.4, -0.2) is 21.8 Å². The first-order valence-corrected chi connectivity index (χ1v) is 7.34. The summed E-state index contributed by atoms with van der Waals surface area (Å²) in [6.45, 7) is 0. The molecule has 1 aromatic heterocycles. The van der Waals surface area contributed by atoms with Crippen molar-refractivity contribution < 1.29 is 9.59 Å². The monoisotopic (exact) mass is 307 g/mol. The van der Waals surface area contributed by atoms with E-state index in [9.17, 15) is 9.59 Å². The molecule has 5 heteroatoms. The zero-order valence-electron chi connectivity index (χ0n) is 12.5. The van der Waals surface area contributed by atoms with Crippen molar-refractivity contribution in [2.75, 3.05) is 0 Å². The Morgan fingerprint density at radius 2 is 1.57 bits per heavy atom. The van der Waals surface area contributed by atoms with Crippen molar-refractivity contribution in [1.29, 1.82) is 0 Å². The van der Waals surface area contributed by atoms with Gasteiger partial charge in [0.25, 0.3) is 0 Å². The molecule has 0 spiro atoms. The van der Waals surface area contributed by atoms with Gasteiger partial charge < -0.3 is 4.98 Å². The number of hydrogen-bond donors (Lipinski definition) is 2. The lowest BCUT2D eigenvalue weighted by molar-refractivity contribution is -0.144. The highest BCUT2D eigenvalue weighted by Gasteiger charge is 2.19. The second-order valence-corrected chi connectivity index (χ2v) is 5.36. The number of nitrogens with two attached hydrogens (primary N) is 1. The van der Waals surface area contributed by atoms with Gasteiger partial charge in [-0.1, -0.05) is 48.5 Å². The number of para-hydroxylation sites is 1. The average molecular weight is 307 g/mol. The van der Waals surface area contributed by atoms with Crippen LogP contribution in [0.4, 0.5) is 0 Å². The second kappa shape index (κ2) is 6.46. The van der Waals surface area contributed by atoms with Gasteiger partial charge in [-0.25, -0.2) is 10.9 Å². The summed E-state index contributed by atoms with van der Waals surface area (Å²) in [6.07, 6.45) is 1.97. The molecule has 0 bridgehead atoms. The van der Waals surface area contributed by atoms with E-state index in [2.05, 4.69) is 4.98 Å². The number of aromatic amines is 1. The van der Waals surface area contributed by atoms with Crippen LogP contribution >= 0.6 is 0 Å². The van der Waals surface area contributed by atoms with Crippen molar-refractivity contribution in [1.82, 2.24) is 9.99 Å². The van der Waals surface area contributed by atoms with E-state index in [1.807, 2.05) is 54.6 Å². The SMILES string of the molecule is NN(C(=O)Cc1ccccc1)C(=O)Cc1c[nH]c2ccccc12. The Labute approximate surface area is 133 Å². The van der Waals surface area contributed by atoms with Crippen LogP contribution in [0, 0.1) is 0 Å². The van der Waals surface area contributed by atoms with Crippen molar-refractivity contribution in [3.8, 4) is 0 Å². The first-order chi connectivity index (χ1) is 11.1. The van der Waals surface area contributed by atoms with E-state index in [1.54, 1.807) is 6.20 Å². The van der Waals surface area contributed by atoms with Crippen LogP contribution in [0.15, 0.2) is 60.8 Å². The summed E-state index contributed by atoms with van der Waals surface area (Å²) in [6, 6.07) is 16.9. The summed E-state index contributed by atoms with van der Waals surface area (Å²) in [5.41, 5.74) is 2.61. The number of H-pyrrole nitrogens is 1. The van der Waals surface area contributed by atoms with Crippen LogP contribution in [0.3, 0.4) is 0 Å². The summed E-state index contributed by atoms with van der Waals surface area (Å²) < 4.78 is 0. The van der Waals surface area contributed by atoms with Gasteiger partial charge in [-0.15, -0.1) is 0 Å². The van der Waals surface area contributed by atoms with E-state index in [0.717, 1.165) is 27.0 Å². The Hall–Kier alpha value is -2.92. The van der Waals surface area contributed by atoms with Crippen molar-refractivity contribution in [3.63, 3.8) is 0 Å². The molecule has 1 heterocycles. The Kier molecular flexibility index (Phi) is 4.21. The van der Waals surface area contributed by atoms with Crippen molar-refractivity contribution in [2.24, 2.45) is 5.84 Å². The van der Waals surface area contributed by atoms with Crippen molar-refractivity contribution in [3.05, 3.63) is 71.9 Å². The molecule has 0 aliphatic rings. The Morgan fingerprint density at radius 1 is 0.913 bits per heavy atom. The molecule has 0 saturated carbocycles. The third-order valence-electron chi connectivity index (χ3n) is 3.75. The fourth-order valence-electron chi connectivity index (χ4n) is 2.52. The van der Waals surface area contributed by atoms with E-state index in [4.69, 9.17) is 5.84 Å². The summed E-state index contributed by atoms with van der Waals surface area (Å²) in [7, 11) is 0. The van der Waals surface area contributed by atoms with Gasteiger partial charge in [0.2, 0.25) is 11.8 Å². The third kappa shape index (κ3) is 3.30. The van der Waals surface area contributed by atoms with Crippen LogP contribution in [-0.2, 0) is 22.4 Å². The molecule has 5 nitrogen and oxygen atoms in total. The third-order valence-corrected chi connectivity index (χ3v) is 3.75. The van der Waals surface area contributed by atoms with Gasteiger partial charge in [-0.05, 0) is 17.2 Å². The maximum atomic E-state index is 12.3. The minimum Gasteiger partial charge on any atom is -0.361 e. The zero-order valence-corrected chi connectivity index (χ0v) is 12.5. The van der Waals surface area contributed by atoms with E-state index >= 15 is 0 Å². The first kappa shape index (κ1) is 15.0. The fraction of sp³-hybridized carbons (Fsp3) is 0.111. The highest BCUT2D eigenvalue weighted by Crippen LogP contribution is 2.18. The average Bonchev–Trinajstić information content (AvgIpc) is 2.98. The topological polar surface area (TPSA) is 79.2 Å². The number of carbonyl (C=O) groups is 2. The number of nitrogens with zero attached hydrogens (tertiary/aromatic N) is 1. The van der Waals surface area contributed by atoms with Gasteiger partial charge >= 0.3 is 0 Å². The summed E-state index contributed by atoms with van der Waals surface area (Å²) in [5.74, 6) is 4.86. The van der Waals surface area contributed by atoms with Crippen LogP contribution in [0.5, 0.6) is 0 Å². The lowest BCUT2D eigenvalue weighted by atomic mass is 10.1. The maximum Gasteiger partial charge on any atom is 0.248 e. The number of benzene rings is 2. The second-order valence-electron chi connectivity index (χ2n) is 5.36. The molecular weight excluding hydrogens is 290 g/mol. The highest BCUT2D eigenvalue weighted by atomic mass is 16.2. The largest absolute Gasteiger partial charge is 0.361 e. The van der Waals surface area contributed by atoms with Gasteiger partial charge in [0.05, 0.1) is 12.8 Å². The van der Waals surface area contributed by atoms with Gasteiger partial charge in [0, 0.05) is 17.1 Å². The normalized spacial score (nSPS) is 10.7. The molecule has 0 atom stereocenters. The van der Waals surface area contributed by atoms with Gasteiger partial charge in [0.15, 0.2) is 0 Å². The molecule has 3 N–H and O–H groups in total. The Balaban J connectivity index is 1.69. The predicted octanol–water partition coefficient (Wildman–Crippen LogP) is 2.18. The molecule has 0 unspecified atom stereocenters. The van der Waals surface area contributed by atoms with Crippen LogP contribution in [0.1, 0.15) is 11.1 Å². The van der Waals surface area contributed by atoms with E-state index < -0.39 is 11.8 Å². The summed E-state index contributed by atoms with van der Waals surface area (Å²) in [5, 5.41) is 1.68. The number of amides is 2. The van der Waals surface area contributed by atoms with E-state index in [-0.39, 0.29) is 12.8 Å². The molecule has 116 valence electrons. The van der Waals surface area contributed by atoms with Gasteiger partial charge in [-0.2, -0.15) is 0 Å². The number of imide groups is 1. The Morgan fingerprint density at radius 3 is 2.35 bits per heavy atom. The molecular formula is C18H17N3O2. The van der Waals surface area contributed by atoms with Crippen molar-refractivity contribution >= 4 is 22.7 Å². The Bertz CT molecular complexity index is 840. The van der Waals surface area contributed by atoms with Gasteiger partial charge in [-0.3, -0.25) is 9.59 Å². The van der Waals surface area contributed by atoms with E-state index in [0.29, 0.717) is 0 Å². The number of carbonyl (C=O) groups excluding carboxylic acids is 2. The maximum absolute atomic E-state index is 12.3.